The highest BCUT2D eigenvalue weighted by molar-refractivity contribution is 6.07. The van der Waals surface area contributed by atoms with Crippen LogP contribution in [0.15, 0.2) is 41.0 Å². The van der Waals surface area contributed by atoms with Gasteiger partial charge in [0.05, 0.1) is 39.1 Å². The predicted octanol–water partition coefficient (Wildman–Crippen LogP) is 3.82. The summed E-state index contributed by atoms with van der Waals surface area (Å²) in [6.45, 7) is 0.212. The largest absolute Gasteiger partial charge is 0.496 e. The smallest absolute Gasteiger partial charge is 0.177 e. The van der Waals surface area contributed by atoms with Crippen LogP contribution in [0.3, 0.4) is 0 Å². The van der Waals surface area contributed by atoms with E-state index in [4.69, 9.17) is 23.4 Å². The molecule has 26 heavy (non-hydrogen) atoms. The van der Waals surface area contributed by atoms with Crippen molar-refractivity contribution in [3.8, 4) is 23.0 Å². The SMILES string of the molecule is COc1cc(OC)c([C@@H]2COc3cc4occc4cc3C2=O)cc1OC. The molecule has 1 aliphatic rings. The van der Waals surface area contributed by atoms with Crippen molar-refractivity contribution in [3.05, 3.63) is 47.7 Å². The van der Waals surface area contributed by atoms with Gasteiger partial charge in [-0.15, -0.1) is 0 Å². The molecule has 1 aromatic heterocycles. The molecule has 0 spiro atoms. The van der Waals surface area contributed by atoms with Crippen LogP contribution in [0, 0.1) is 0 Å². The number of fused-ring (bicyclic) bond motifs is 2. The molecule has 0 amide bonds. The van der Waals surface area contributed by atoms with Crippen molar-refractivity contribution in [3.63, 3.8) is 0 Å². The molecule has 6 nitrogen and oxygen atoms in total. The summed E-state index contributed by atoms with van der Waals surface area (Å²) in [5.74, 6) is 1.64. The van der Waals surface area contributed by atoms with Crippen LogP contribution in [0.2, 0.25) is 0 Å². The zero-order valence-electron chi connectivity index (χ0n) is 14.7. The Balaban J connectivity index is 1.80. The molecular formula is C20H18O6. The highest BCUT2D eigenvalue weighted by Gasteiger charge is 2.33. The maximum Gasteiger partial charge on any atom is 0.177 e. The van der Waals surface area contributed by atoms with Crippen LogP contribution >= 0.6 is 0 Å². The molecule has 0 unspecified atom stereocenters. The standard InChI is InChI=1S/C20H18O6/c1-22-16-9-19(24-3)18(23-2)7-12(16)14-10-26-17-8-15-11(4-5-25-15)6-13(17)20(14)21/h4-9,14H,10H2,1-3H3/t14-/m0/s1. The molecule has 0 bridgehead atoms. The van der Waals surface area contributed by atoms with E-state index in [0.29, 0.717) is 39.7 Å². The normalized spacial score (nSPS) is 16.1. The van der Waals surface area contributed by atoms with Gasteiger partial charge in [0.15, 0.2) is 17.3 Å². The van der Waals surface area contributed by atoms with Crippen LogP contribution in [-0.2, 0) is 0 Å². The fourth-order valence-electron chi connectivity index (χ4n) is 3.30. The van der Waals surface area contributed by atoms with E-state index in [-0.39, 0.29) is 12.4 Å². The third-order valence-corrected chi connectivity index (χ3v) is 4.65. The van der Waals surface area contributed by atoms with Crippen molar-refractivity contribution in [1.82, 2.24) is 0 Å². The van der Waals surface area contributed by atoms with Crippen molar-refractivity contribution in [2.24, 2.45) is 0 Å². The Morgan fingerprint density at radius 2 is 1.69 bits per heavy atom. The first-order valence-corrected chi connectivity index (χ1v) is 8.14. The summed E-state index contributed by atoms with van der Waals surface area (Å²) in [4.78, 5) is 13.2. The van der Waals surface area contributed by atoms with Gasteiger partial charge in [0, 0.05) is 23.1 Å². The topological polar surface area (TPSA) is 67.1 Å². The molecule has 2 aromatic carbocycles. The van der Waals surface area contributed by atoms with Gasteiger partial charge in [0.1, 0.15) is 23.7 Å². The van der Waals surface area contributed by atoms with Gasteiger partial charge in [-0.3, -0.25) is 4.79 Å². The number of hydrogen-bond acceptors (Lipinski definition) is 6. The minimum atomic E-state index is -0.499. The van der Waals surface area contributed by atoms with Crippen molar-refractivity contribution < 1.29 is 28.2 Å². The first-order valence-electron chi connectivity index (χ1n) is 8.14. The maximum absolute atomic E-state index is 13.2. The van der Waals surface area contributed by atoms with E-state index >= 15 is 0 Å². The van der Waals surface area contributed by atoms with E-state index in [0.717, 1.165) is 5.39 Å². The summed E-state index contributed by atoms with van der Waals surface area (Å²) < 4.78 is 27.4. The Morgan fingerprint density at radius 3 is 2.42 bits per heavy atom. The molecule has 0 N–H and O–H groups in total. The molecule has 0 aliphatic carbocycles. The molecule has 1 atom stereocenters. The number of ketones is 1. The Hall–Kier alpha value is -3.15. The molecule has 0 saturated carbocycles. The lowest BCUT2D eigenvalue weighted by molar-refractivity contribution is 0.0894. The monoisotopic (exact) mass is 354 g/mol. The van der Waals surface area contributed by atoms with Gasteiger partial charge in [-0.25, -0.2) is 0 Å². The highest BCUT2D eigenvalue weighted by Crippen LogP contribution is 2.42. The Morgan fingerprint density at radius 1 is 0.962 bits per heavy atom. The third-order valence-electron chi connectivity index (χ3n) is 4.65. The average Bonchev–Trinajstić information content (AvgIpc) is 3.13. The number of furan rings is 1. The van der Waals surface area contributed by atoms with E-state index in [9.17, 15) is 4.79 Å². The molecule has 134 valence electrons. The minimum absolute atomic E-state index is 0.0279. The maximum atomic E-state index is 13.2. The van der Waals surface area contributed by atoms with E-state index in [1.165, 1.54) is 0 Å². The summed E-state index contributed by atoms with van der Waals surface area (Å²) in [5.41, 5.74) is 1.93. The molecule has 3 aromatic rings. The number of ether oxygens (including phenoxy) is 4. The predicted molar refractivity (Wildman–Crippen MR) is 94.9 cm³/mol. The summed E-state index contributed by atoms with van der Waals surface area (Å²) in [6.07, 6.45) is 1.59. The lowest BCUT2D eigenvalue weighted by Gasteiger charge is -2.26. The summed E-state index contributed by atoms with van der Waals surface area (Å²) in [5, 5.41) is 0.862. The number of carbonyl (C=O) groups is 1. The fraction of sp³-hybridized carbons (Fsp3) is 0.250. The quantitative estimate of drug-likeness (QED) is 0.710. The lowest BCUT2D eigenvalue weighted by atomic mass is 9.87. The molecule has 1 aliphatic heterocycles. The number of benzene rings is 2. The van der Waals surface area contributed by atoms with Gasteiger partial charge in [-0.2, -0.15) is 0 Å². The van der Waals surface area contributed by atoms with E-state index in [1.807, 2.05) is 6.07 Å². The summed E-state index contributed by atoms with van der Waals surface area (Å²) in [7, 11) is 4.67. The molecule has 2 heterocycles. The van der Waals surface area contributed by atoms with Gasteiger partial charge < -0.3 is 23.4 Å². The van der Waals surface area contributed by atoms with E-state index < -0.39 is 5.92 Å². The number of carbonyl (C=O) groups excluding carboxylic acids is 1. The minimum Gasteiger partial charge on any atom is -0.496 e. The van der Waals surface area contributed by atoms with Crippen LogP contribution < -0.4 is 18.9 Å². The van der Waals surface area contributed by atoms with Gasteiger partial charge in [0.2, 0.25) is 0 Å². The molecule has 6 heteroatoms. The second-order valence-corrected chi connectivity index (χ2v) is 5.98. The van der Waals surface area contributed by atoms with Gasteiger partial charge in [-0.05, 0) is 18.2 Å². The van der Waals surface area contributed by atoms with Crippen molar-refractivity contribution >= 4 is 16.8 Å². The molecular weight excluding hydrogens is 336 g/mol. The van der Waals surface area contributed by atoms with Crippen LogP contribution in [-0.4, -0.2) is 33.7 Å². The fourth-order valence-corrected chi connectivity index (χ4v) is 3.30. The zero-order valence-corrected chi connectivity index (χ0v) is 14.7. The molecule has 0 fully saturated rings. The van der Waals surface area contributed by atoms with Gasteiger partial charge in [0.25, 0.3) is 0 Å². The molecule has 0 radical (unpaired) electrons. The third kappa shape index (κ3) is 2.45. The Kier molecular flexibility index (Phi) is 3.95. The van der Waals surface area contributed by atoms with Crippen LogP contribution in [0.4, 0.5) is 0 Å². The lowest BCUT2D eigenvalue weighted by Crippen LogP contribution is -2.26. The molecule has 4 rings (SSSR count). The Bertz CT molecular complexity index is 987. The first-order chi connectivity index (χ1) is 12.7. The first kappa shape index (κ1) is 16.3. The zero-order chi connectivity index (χ0) is 18.3. The van der Waals surface area contributed by atoms with E-state index in [1.54, 1.807) is 51.9 Å². The van der Waals surface area contributed by atoms with Crippen molar-refractivity contribution in [2.45, 2.75) is 5.92 Å². The Labute approximate surface area is 150 Å². The van der Waals surface area contributed by atoms with Crippen LogP contribution in [0.25, 0.3) is 11.0 Å². The number of Topliss-reactive ketones (excluding diaryl/α,β-unsaturated/α-hetero) is 1. The van der Waals surface area contributed by atoms with Crippen molar-refractivity contribution in [2.75, 3.05) is 27.9 Å². The second-order valence-electron chi connectivity index (χ2n) is 5.98. The van der Waals surface area contributed by atoms with Crippen LogP contribution in [0.5, 0.6) is 23.0 Å². The summed E-state index contributed by atoms with van der Waals surface area (Å²) >= 11 is 0. The molecule has 0 saturated heterocycles. The second kappa shape index (κ2) is 6.29. The number of hydrogen-bond donors (Lipinski definition) is 0. The summed E-state index contributed by atoms with van der Waals surface area (Å²) in [6, 6.07) is 8.87. The van der Waals surface area contributed by atoms with Gasteiger partial charge in [-0.1, -0.05) is 0 Å². The number of methoxy groups -OCH3 is 3. The van der Waals surface area contributed by atoms with Crippen molar-refractivity contribution in [1.29, 1.82) is 0 Å². The average molecular weight is 354 g/mol. The van der Waals surface area contributed by atoms with Gasteiger partial charge >= 0.3 is 0 Å². The van der Waals surface area contributed by atoms with E-state index in [2.05, 4.69) is 0 Å². The number of rotatable bonds is 4. The van der Waals surface area contributed by atoms with Crippen LogP contribution in [0.1, 0.15) is 21.8 Å². The highest BCUT2D eigenvalue weighted by atomic mass is 16.5.